The van der Waals surface area contributed by atoms with Crippen molar-refractivity contribution in [2.75, 3.05) is 11.9 Å². The van der Waals surface area contributed by atoms with Gasteiger partial charge in [0.1, 0.15) is 24.6 Å². The molecule has 9 nitrogen and oxygen atoms in total. The van der Waals surface area contributed by atoms with E-state index in [1.807, 2.05) is 13.0 Å². The molecule has 1 saturated heterocycles. The van der Waals surface area contributed by atoms with Crippen LogP contribution in [0.5, 0.6) is 5.75 Å². The van der Waals surface area contributed by atoms with Crippen molar-refractivity contribution in [2.45, 2.75) is 13.5 Å². The molecule has 1 heterocycles. The molecule has 4 rings (SSSR count). The molecule has 0 aromatic heterocycles. The van der Waals surface area contributed by atoms with Crippen LogP contribution in [-0.4, -0.2) is 40.4 Å². The van der Waals surface area contributed by atoms with E-state index in [0.29, 0.717) is 17.0 Å². The predicted molar refractivity (Wildman–Crippen MR) is 140 cm³/mol. The summed E-state index contributed by atoms with van der Waals surface area (Å²) in [6.45, 7) is 1.60. The Morgan fingerprint density at radius 3 is 2.54 bits per heavy atom. The molecule has 0 spiro atoms. The van der Waals surface area contributed by atoms with Gasteiger partial charge in [-0.15, -0.1) is 0 Å². The maximum Gasteiger partial charge on any atom is 0.335 e. The second-order valence-corrected chi connectivity index (χ2v) is 9.19. The van der Waals surface area contributed by atoms with E-state index in [1.54, 1.807) is 48.5 Å². The Balaban J connectivity index is 1.47. The smallest absolute Gasteiger partial charge is 0.335 e. The molecule has 3 N–H and O–H groups in total. The van der Waals surface area contributed by atoms with Gasteiger partial charge in [-0.1, -0.05) is 40.2 Å². The Labute approximate surface area is 220 Å². The number of carboxylic acids is 1. The molecule has 37 heavy (non-hydrogen) atoms. The van der Waals surface area contributed by atoms with Crippen molar-refractivity contribution in [2.24, 2.45) is 0 Å². The first kappa shape index (κ1) is 25.6. The number of amides is 4. The SMILES string of the molecule is Cc1cccc(NC(=O)CN2C(=O)N/C(=C/c3cc(Br)ccc3OCc3ccc(C(=O)O)cc3)C2=O)c1. The molecule has 0 radical (unpaired) electrons. The summed E-state index contributed by atoms with van der Waals surface area (Å²) in [6, 6.07) is 18.0. The molecule has 1 fully saturated rings. The van der Waals surface area contributed by atoms with Crippen molar-refractivity contribution in [3.05, 3.63) is 99.2 Å². The maximum atomic E-state index is 12.9. The molecule has 0 saturated carbocycles. The summed E-state index contributed by atoms with van der Waals surface area (Å²) in [5.74, 6) is -1.72. The Morgan fingerprint density at radius 1 is 1.08 bits per heavy atom. The summed E-state index contributed by atoms with van der Waals surface area (Å²) in [7, 11) is 0. The highest BCUT2D eigenvalue weighted by atomic mass is 79.9. The van der Waals surface area contributed by atoms with Gasteiger partial charge in [0.15, 0.2) is 0 Å². The minimum Gasteiger partial charge on any atom is -0.488 e. The summed E-state index contributed by atoms with van der Waals surface area (Å²) < 4.78 is 6.63. The first-order valence-electron chi connectivity index (χ1n) is 11.2. The van der Waals surface area contributed by atoms with Crippen LogP contribution in [0.15, 0.2) is 76.9 Å². The zero-order valence-electron chi connectivity index (χ0n) is 19.7. The fraction of sp³-hybridized carbons (Fsp3) is 0.111. The largest absolute Gasteiger partial charge is 0.488 e. The van der Waals surface area contributed by atoms with Crippen LogP contribution in [0.1, 0.15) is 27.0 Å². The van der Waals surface area contributed by atoms with Gasteiger partial charge in [0.05, 0.1) is 5.56 Å². The number of carboxylic acid groups (broad SMARTS) is 1. The second-order valence-electron chi connectivity index (χ2n) is 8.27. The minimum atomic E-state index is -1.01. The van der Waals surface area contributed by atoms with Crippen molar-refractivity contribution in [3.8, 4) is 5.75 Å². The van der Waals surface area contributed by atoms with E-state index < -0.39 is 30.4 Å². The summed E-state index contributed by atoms with van der Waals surface area (Å²) in [5, 5.41) is 14.2. The molecule has 1 aliphatic heterocycles. The minimum absolute atomic E-state index is 0.00196. The van der Waals surface area contributed by atoms with Gasteiger partial charge in [-0.2, -0.15) is 0 Å². The molecular formula is C27H22BrN3O6. The monoisotopic (exact) mass is 563 g/mol. The fourth-order valence-corrected chi connectivity index (χ4v) is 3.98. The Morgan fingerprint density at radius 2 is 1.84 bits per heavy atom. The van der Waals surface area contributed by atoms with Crippen LogP contribution in [-0.2, 0) is 16.2 Å². The van der Waals surface area contributed by atoms with Gasteiger partial charge >= 0.3 is 12.0 Å². The number of imide groups is 1. The molecule has 4 amide bonds. The van der Waals surface area contributed by atoms with Gasteiger partial charge in [0.25, 0.3) is 5.91 Å². The highest BCUT2D eigenvalue weighted by Crippen LogP contribution is 2.27. The molecule has 10 heteroatoms. The number of carbonyl (C=O) groups is 4. The standard InChI is InChI=1S/C27H22BrN3O6/c1-16-3-2-4-21(11-16)29-24(32)14-31-25(33)22(30-27(31)36)13-19-12-20(28)9-10-23(19)37-15-17-5-7-18(8-6-17)26(34)35/h2-13H,14-15H2,1H3,(H,29,32)(H,30,36)(H,34,35)/b22-13+. The number of urea groups is 1. The lowest BCUT2D eigenvalue weighted by molar-refractivity contribution is -0.127. The van der Waals surface area contributed by atoms with Crippen molar-refractivity contribution < 1.29 is 29.0 Å². The van der Waals surface area contributed by atoms with E-state index in [2.05, 4.69) is 26.6 Å². The molecule has 0 bridgehead atoms. The molecule has 0 unspecified atom stereocenters. The zero-order valence-corrected chi connectivity index (χ0v) is 21.2. The van der Waals surface area contributed by atoms with Crippen molar-refractivity contribution in [1.29, 1.82) is 0 Å². The van der Waals surface area contributed by atoms with E-state index >= 15 is 0 Å². The summed E-state index contributed by atoms with van der Waals surface area (Å²) >= 11 is 3.40. The summed E-state index contributed by atoms with van der Waals surface area (Å²) in [6.07, 6.45) is 1.48. The van der Waals surface area contributed by atoms with Gasteiger partial charge in [-0.25, -0.2) is 14.5 Å². The van der Waals surface area contributed by atoms with E-state index in [1.165, 1.54) is 18.2 Å². The number of carbonyl (C=O) groups excluding carboxylic acids is 3. The maximum absolute atomic E-state index is 12.9. The fourth-order valence-electron chi connectivity index (χ4n) is 3.61. The van der Waals surface area contributed by atoms with Crippen LogP contribution >= 0.6 is 15.9 Å². The molecule has 188 valence electrons. The normalized spacial score (nSPS) is 14.0. The summed E-state index contributed by atoms with van der Waals surface area (Å²) in [4.78, 5) is 49.7. The van der Waals surface area contributed by atoms with Gasteiger partial charge in [0.2, 0.25) is 5.91 Å². The number of rotatable bonds is 8. The third kappa shape index (κ3) is 6.42. The van der Waals surface area contributed by atoms with E-state index in [4.69, 9.17) is 9.84 Å². The first-order chi connectivity index (χ1) is 17.7. The number of hydrogen-bond donors (Lipinski definition) is 3. The first-order valence-corrected chi connectivity index (χ1v) is 11.9. The van der Waals surface area contributed by atoms with Gasteiger partial charge in [-0.05, 0) is 66.6 Å². The highest BCUT2D eigenvalue weighted by Gasteiger charge is 2.35. The quantitative estimate of drug-likeness (QED) is 0.272. The Kier molecular flexibility index (Phi) is 7.69. The van der Waals surface area contributed by atoms with E-state index in [9.17, 15) is 19.2 Å². The molecular weight excluding hydrogens is 542 g/mol. The van der Waals surface area contributed by atoms with Crippen molar-refractivity contribution in [1.82, 2.24) is 10.2 Å². The molecule has 0 aliphatic carbocycles. The van der Waals surface area contributed by atoms with Crippen molar-refractivity contribution in [3.63, 3.8) is 0 Å². The van der Waals surface area contributed by atoms with Crippen LogP contribution < -0.4 is 15.4 Å². The van der Waals surface area contributed by atoms with Crippen molar-refractivity contribution >= 4 is 51.5 Å². The number of anilines is 1. The number of aromatic carboxylic acids is 1. The van der Waals surface area contributed by atoms with E-state index in [-0.39, 0.29) is 17.9 Å². The van der Waals surface area contributed by atoms with Crippen LogP contribution in [0.4, 0.5) is 10.5 Å². The summed E-state index contributed by atoms with van der Waals surface area (Å²) in [5.41, 5.74) is 2.98. The lowest BCUT2D eigenvalue weighted by Gasteiger charge is -2.12. The van der Waals surface area contributed by atoms with Gasteiger partial charge in [0, 0.05) is 15.7 Å². The van der Waals surface area contributed by atoms with Crippen LogP contribution in [0, 0.1) is 6.92 Å². The third-order valence-electron chi connectivity index (χ3n) is 5.43. The lowest BCUT2D eigenvalue weighted by Crippen LogP contribution is -2.38. The number of ether oxygens (including phenoxy) is 1. The van der Waals surface area contributed by atoms with E-state index in [0.717, 1.165) is 20.5 Å². The number of nitrogens with one attached hydrogen (secondary N) is 2. The van der Waals surface area contributed by atoms with Crippen LogP contribution in [0.3, 0.4) is 0 Å². The highest BCUT2D eigenvalue weighted by molar-refractivity contribution is 9.10. The molecule has 0 atom stereocenters. The van der Waals surface area contributed by atoms with Gasteiger partial charge < -0.3 is 20.5 Å². The second kappa shape index (κ2) is 11.1. The Bertz CT molecular complexity index is 1420. The number of nitrogens with zero attached hydrogens (tertiary/aromatic N) is 1. The number of hydrogen-bond acceptors (Lipinski definition) is 5. The molecule has 3 aromatic carbocycles. The predicted octanol–water partition coefficient (Wildman–Crippen LogP) is 4.57. The lowest BCUT2D eigenvalue weighted by atomic mass is 10.1. The Hall–Kier alpha value is -4.44. The topological polar surface area (TPSA) is 125 Å². The van der Waals surface area contributed by atoms with Crippen LogP contribution in [0.25, 0.3) is 6.08 Å². The zero-order chi connectivity index (χ0) is 26.5. The van der Waals surface area contributed by atoms with Gasteiger partial charge in [-0.3, -0.25) is 9.59 Å². The average molecular weight is 564 g/mol. The third-order valence-corrected chi connectivity index (χ3v) is 5.93. The van der Waals surface area contributed by atoms with Crippen LogP contribution in [0.2, 0.25) is 0 Å². The average Bonchev–Trinajstić information content (AvgIpc) is 3.11. The number of benzene rings is 3. The molecule has 3 aromatic rings. The molecule has 1 aliphatic rings. The number of aryl methyl sites for hydroxylation is 1. The number of halogens is 1.